The Bertz CT molecular complexity index is 693. The molecule has 2 atom stereocenters. The zero-order chi connectivity index (χ0) is 21.1. The molecule has 26 heavy (non-hydrogen) atoms. The molecule has 0 aliphatic rings. The van der Waals surface area contributed by atoms with Gasteiger partial charge in [-0.1, -0.05) is 0 Å². The molecule has 0 heterocycles. The minimum atomic E-state index is -4.60. The molecule has 3 amide bonds. The second kappa shape index (κ2) is 12.0. The maximum Gasteiger partial charge on any atom is 0.274 e. The van der Waals surface area contributed by atoms with E-state index in [-0.39, 0.29) is 5.91 Å². The normalized spacial score (nSPS) is 13.5. The van der Waals surface area contributed by atoms with E-state index in [1.54, 1.807) is 12.4 Å². The molecule has 0 aliphatic heterocycles. The molecule has 0 aliphatic carbocycles. The molecule has 0 aromatic carbocycles. The highest BCUT2D eigenvalue weighted by atomic mass is 32.2. The minimum absolute atomic E-state index is 0.167. The van der Waals surface area contributed by atoms with Gasteiger partial charge in [0.2, 0.25) is 17.7 Å². The molecule has 0 saturated heterocycles. The highest BCUT2D eigenvalue weighted by molar-refractivity contribution is 7.86. The van der Waals surface area contributed by atoms with Crippen LogP contribution in [-0.4, -0.2) is 87.1 Å². The van der Waals surface area contributed by atoms with Crippen molar-refractivity contribution < 1.29 is 40.3 Å². The maximum atomic E-state index is 11.2. The van der Waals surface area contributed by atoms with Gasteiger partial charge in [0.25, 0.3) is 20.2 Å². The van der Waals surface area contributed by atoms with Crippen LogP contribution in [0.2, 0.25) is 0 Å². The van der Waals surface area contributed by atoms with Crippen LogP contribution in [-0.2, 0) is 34.6 Å². The van der Waals surface area contributed by atoms with E-state index in [1.165, 1.54) is 0 Å². The van der Waals surface area contributed by atoms with Gasteiger partial charge in [-0.2, -0.15) is 29.5 Å². The molecule has 2 unspecified atom stereocenters. The van der Waals surface area contributed by atoms with Gasteiger partial charge in [-0.3, -0.25) is 23.5 Å². The predicted octanol–water partition coefficient (Wildman–Crippen LogP) is -4.02. The molecule has 0 fully saturated rings. The van der Waals surface area contributed by atoms with Crippen molar-refractivity contribution in [3.8, 4) is 0 Å². The van der Waals surface area contributed by atoms with Crippen LogP contribution in [0.4, 0.5) is 0 Å². The maximum absolute atomic E-state index is 11.2. The molecule has 0 bridgehead atoms. The van der Waals surface area contributed by atoms with Crippen molar-refractivity contribution >= 4 is 50.6 Å². The lowest BCUT2D eigenvalue weighted by Gasteiger charge is -2.15. The van der Waals surface area contributed by atoms with Crippen LogP contribution in [0.25, 0.3) is 0 Å². The predicted molar refractivity (Wildman–Crippen MR) is 94.7 cm³/mol. The lowest BCUT2D eigenvalue weighted by Crippen LogP contribution is -2.50. The van der Waals surface area contributed by atoms with Crippen LogP contribution in [0, 0.1) is 0 Å². The van der Waals surface area contributed by atoms with Crippen LogP contribution in [0.3, 0.4) is 0 Å². The van der Waals surface area contributed by atoms with E-state index >= 15 is 0 Å². The first kappa shape index (κ1) is 26.8. The molecule has 7 N–H and O–H groups in total. The smallest absolute Gasteiger partial charge is 0.274 e. The fourth-order valence-electron chi connectivity index (χ4n) is 1.24. The second-order valence-corrected chi connectivity index (χ2v) is 7.93. The quantitative estimate of drug-likeness (QED) is 0.144. The topological polar surface area (TPSA) is 222 Å². The molecule has 0 rings (SSSR count). The van der Waals surface area contributed by atoms with Crippen LogP contribution in [0.5, 0.6) is 0 Å². The van der Waals surface area contributed by atoms with E-state index in [1.807, 2.05) is 5.32 Å². The summed E-state index contributed by atoms with van der Waals surface area (Å²) in [7, 11) is -6.46. The van der Waals surface area contributed by atoms with Gasteiger partial charge < -0.3 is 21.7 Å². The summed E-state index contributed by atoms with van der Waals surface area (Å²) in [5.41, 5.74) is 5.24. The van der Waals surface area contributed by atoms with Gasteiger partial charge in [0, 0.05) is 19.8 Å². The number of hydrogen-bond acceptors (Lipinski definition) is 9. The summed E-state index contributed by atoms with van der Waals surface area (Å²) in [6.45, 7) is 0. The van der Waals surface area contributed by atoms with Crippen molar-refractivity contribution in [2.75, 3.05) is 31.4 Å². The Morgan fingerprint density at radius 2 is 1.46 bits per heavy atom. The number of nitrogens with two attached hydrogens (primary N) is 1. The molecule has 0 aromatic heterocycles. The van der Waals surface area contributed by atoms with E-state index in [2.05, 4.69) is 17.9 Å². The van der Waals surface area contributed by atoms with Crippen molar-refractivity contribution in [2.45, 2.75) is 12.1 Å². The molecule has 16 heteroatoms. The van der Waals surface area contributed by atoms with Gasteiger partial charge in [0.05, 0.1) is 6.04 Å². The van der Waals surface area contributed by atoms with E-state index in [9.17, 15) is 31.2 Å². The summed E-state index contributed by atoms with van der Waals surface area (Å²) in [6.07, 6.45) is 0. The number of nitrogens with one attached hydrogen (secondary N) is 3. The number of carbonyl (C=O) groups is 3. The fourth-order valence-corrected chi connectivity index (χ4v) is 2.47. The summed E-state index contributed by atoms with van der Waals surface area (Å²) in [6, 6.07) is -2.14. The lowest BCUT2D eigenvalue weighted by molar-refractivity contribution is -0.127. The highest BCUT2D eigenvalue weighted by Gasteiger charge is 2.26. The number of thiol groups is 1. The van der Waals surface area contributed by atoms with Crippen LogP contribution in [0.15, 0.2) is 0 Å². The Morgan fingerprint density at radius 1 is 1.00 bits per heavy atom. The molecule has 13 nitrogen and oxygen atoms in total. The van der Waals surface area contributed by atoms with E-state index in [4.69, 9.17) is 14.8 Å². The molecule has 154 valence electrons. The summed E-state index contributed by atoms with van der Waals surface area (Å²) in [5, 5.41) is 6.17. The van der Waals surface area contributed by atoms with Gasteiger partial charge in [0.1, 0.15) is 11.8 Å². The van der Waals surface area contributed by atoms with Crippen LogP contribution < -0.4 is 21.7 Å². The van der Waals surface area contributed by atoms with Crippen LogP contribution in [0.1, 0.15) is 0 Å². The molecular formula is C10H22N4O9S3. The molecular weight excluding hydrogens is 416 g/mol. The minimum Gasteiger partial charge on any atom is -0.358 e. The third-order valence-corrected chi connectivity index (χ3v) is 4.14. The average Bonchev–Trinajstić information content (AvgIpc) is 2.49. The fraction of sp³-hybridized carbons (Fsp3) is 0.700. The van der Waals surface area contributed by atoms with Crippen LogP contribution >= 0.6 is 12.6 Å². The van der Waals surface area contributed by atoms with Crippen molar-refractivity contribution in [3.63, 3.8) is 0 Å². The van der Waals surface area contributed by atoms with E-state index in [0.29, 0.717) is 5.75 Å². The number of likely N-dealkylation sites (N-methyl/N-ethyl adjacent to an activating group) is 2. The Balaban J connectivity index is 0. The Kier molecular flexibility index (Phi) is 12.4. The highest BCUT2D eigenvalue weighted by Crippen LogP contribution is 1.93. The first-order chi connectivity index (χ1) is 11.7. The van der Waals surface area contributed by atoms with Gasteiger partial charge in [-0.25, -0.2) is 0 Å². The van der Waals surface area contributed by atoms with Crippen molar-refractivity contribution in [1.82, 2.24) is 16.0 Å². The van der Waals surface area contributed by atoms with Gasteiger partial charge in [0.15, 0.2) is 5.75 Å². The van der Waals surface area contributed by atoms with Crippen molar-refractivity contribution in [2.24, 2.45) is 5.73 Å². The number of hydrogen-bond donors (Lipinski definition) is 7. The molecule has 0 spiro atoms. The molecule has 0 radical (unpaired) electrons. The Hall–Kier alpha value is -1.46. The first-order valence-electron chi connectivity index (χ1n) is 6.66. The summed E-state index contributed by atoms with van der Waals surface area (Å²) < 4.78 is 58.8. The number of rotatable bonds is 8. The SMILES string of the molecule is CNC(=O)C(CS(=O)(=O)O)NC(=O)CS(=O)(=O)O.CNC(=O)C(N)CS. The van der Waals surface area contributed by atoms with Gasteiger partial charge in [-0.15, -0.1) is 0 Å². The molecule has 0 aromatic rings. The second-order valence-electron chi connectivity index (χ2n) is 4.61. The monoisotopic (exact) mass is 438 g/mol. The summed E-state index contributed by atoms with van der Waals surface area (Å²) in [4.78, 5) is 32.7. The lowest BCUT2D eigenvalue weighted by atomic mass is 10.3. The van der Waals surface area contributed by atoms with E-state index < -0.39 is 55.6 Å². The Labute approximate surface area is 156 Å². The Morgan fingerprint density at radius 3 is 1.73 bits per heavy atom. The van der Waals surface area contributed by atoms with Crippen molar-refractivity contribution in [3.05, 3.63) is 0 Å². The van der Waals surface area contributed by atoms with Gasteiger partial charge in [-0.05, 0) is 0 Å². The standard InChI is InChI=1S/C6H12N2O8S2.C4H10N2OS/c1-7-6(10)4(2-17(11,12)13)8-5(9)3-18(14,15)16;1-6-4(7)3(5)2-8/h4H,2-3H2,1H3,(H,7,10)(H,8,9)(H,11,12,13)(H,14,15,16);3,8H,2,5H2,1H3,(H,6,7). The van der Waals surface area contributed by atoms with E-state index in [0.717, 1.165) is 7.05 Å². The van der Waals surface area contributed by atoms with Crippen molar-refractivity contribution in [1.29, 1.82) is 0 Å². The average molecular weight is 439 g/mol. The third-order valence-electron chi connectivity index (χ3n) is 2.37. The first-order valence-corrected chi connectivity index (χ1v) is 10.5. The zero-order valence-electron chi connectivity index (χ0n) is 13.9. The number of carbonyl (C=O) groups excluding carboxylic acids is 3. The zero-order valence-corrected chi connectivity index (χ0v) is 16.4. The number of amides is 3. The molecule has 0 saturated carbocycles. The largest absolute Gasteiger partial charge is 0.358 e. The van der Waals surface area contributed by atoms with Gasteiger partial charge >= 0.3 is 0 Å². The third kappa shape index (κ3) is 14.8. The summed E-state index contributed by atoms with van der Waals surface area (Å²) >= 11 is 3.82. The summed E-state index contributed by atoms with van der Waals surface area (Å²) in [5.74, 6) is -4.46.